The van der Waals surface area contributed by atoms with Crippen molar-refractivity contribution < 1.29 is 0 Å². The van der Waals surface area contributed by atoms with Gasteiger partial charge >= 0.3 is 0 Å². The van der Waals surface area contributed by atoms with Crippen LogP contribution in [0.5, 0.6) is 0 Å². The Morgan fingerprint density at radius 1 is 0.423 bits per heavy atom. The normalized spacial score (nSPS) is 10.6. The van der Waals surface area contributed by atoms with Gasteiger partial charge in [0, 0.05) is 22.5 Å². The molecule has 0 heterocycles. The van der Waals surface area contributed by atoms with E-state index in [1.165, 1.54) is 0 Å². The Morgan fingerprint density at radius 2 is 0.885 bits per heavy atom. The molecule has 0 atom stereocenters. The fourth-order valence-electron chi connectivity index (χ4n) is 3.21. The third-order valence-corrected chi connectivity index (χ3v) is 4.59. The summed E-state index contributed by atoms with van der Waals surface area (Å²) in [6, 6.07) is 32.8. The van der Waals surface area contributed by atoms with Crippen LogP contribution in [0.2, 0.25) is 0 Å². The molecule has 0 saturated heterocycles. The average molecular weight is 336 g/mol. The first-order chi connectivity index (χ1) is 12.7. The standard InChI is InChI=1S/C24H20N2/c25-21-13-11-17(12-14-21)20-15-22(18-7-3-1-4-8-18)24(26)23(16-20)19-9-5-2-6-10-19/h1-16H,25-26H2. The first-order valence-electron chi connectivity index (χ1n) is 8.62. The van der Waals surface area contributed by atoms with E-state index < -0.39 is 0 Å². The Labute approximate surface area is 153 Å². The van der Waals surface area contributed by atoms with Gasteiger partial charge in [-0.3, -0.25) is 0 Å². The van der Waals surface area contributed by atoms with Gasteiger partial charge in [0.2, 0.25) is 0 Å². The number of rotatable bonds is 3. The van der Waals surface area contributed by atoms with Gasteiger partial charge in [-0.05, 0) is 46.5 Å². The van der Waals surface area contributed by atoms with Crippen molar-refractivity contribution in [3.63, 3.8) is 0 Å². The maximum absolute atomic E-state index is 6.60. The lowest BCUT2D eigenvalue weighted by Crippen LogP contribution is -1.96. The molecule has 0 spiro atoms. The molecule has 0 saturated carbocycles. The monoisotopic (exact) mass is 336 g/mol. The summed E-state index contributed by atoms with van der Waals surface area (Å²) < 4.78 is 0. The lowest BCUT2D eigenvalue weighted by Gasteiger charge is -2.15. The molecule has 0 bridgehead atoms. The van der Waals surface area contributed by atoms with E-state index in [4.69, 9.17) is 11.5 Å². The molecule has 0 aliphatic heterocycles. The summed E-state index contributed by atoms with van der Waals surface area (Å²) in [5, 5.41) is 0. The van der Waals surface area contributed by atoms with Crippen molar-refractivity contribution in [3.8, 4) is 33.4 Å². The van der Waals surface area contributed by atoms with Crippen LogP contribution in [0.1, 0.15) is 0 Å². The van der Waals surface area contributed by atoms with Crippen molar-refractivity contribution in [1.82, 2.24) is 0 Å². The number of nitrogen functional groups attached to an aromatic ring is 2. The van der Waals surface area contributed by atoms with Crippen LogP contribution in [0, 0.1) is 0 Å². The van der Waals surface area contributed by atoms with Crippen LogP contribution in [0.3, 0.4) is 0 Å². The molecule has 0 aliphatic rings. The minimum Gasteiger partial charge on any atom is -0.399 e. The summed E-state index contributed by atoms with van der Waals surface area (Å²) in [5.41, 5.74) is 20.5. The van der Waals surface area contributed by atoms with Gasteiger partial charge in [-0.15, -0.1) is 0 Å². The molecule has 26 heavy (non-hydrogen) atoms. The van der Waals surface area contributed by atoms with E-state index in [0.29, 0.717) is 0 Å². The van der Waals surface area contributed by atoms with E-state index in [2.05, 4.69) is 36.4 Å². The fraction of sp³-hybridized carbons (Fsp3) is 0. The van der Waals surface area contributed by atoms with Crippen molar-refractivity contribution in [2.24, 2.45) is 0 Å². The van der Waals surface area contributed by atoms with Crippen molar-refractivity contribution in [1.29, 1.82) is 0 Å². The third kappa shape index (κ3) is 3.05. The molecule has 0 amide bonds. The lowest BCUT2D eigenvalue weighted by atomic mass is 9.91. The molecular formula is C24H20N2. The Bertz CT molecular complexity index is 960. The second-order valence-electron chi connectivity index (χ2n) is 6.34. The van der Waals surface area contributed by atoms with Crippen LogP contribution in [-0.2, 0) is 0 Å². The predicted octanol–water partition coefficient (Wildman–Crippen LogP) is 5.85. The summed E-state index contributed by atoms with van der Waals surface area (Å²) in [6.45, 7) is 0. The molecule has 4 rings (SSSR count). The Balaban J connectivity index is 1.97. The molecule has 2 nitrogen and oxygen atoms in total. The largest absolute Gasteiger partial charge is 0.399 e. The molecule has 0 aromatic heterocycles. The summed E-state index contributed by atoms with van der Waals surface area (Å²) >= 11 is 0. The van der Waals surface area contributed by atoms with E-state index in [-0.39, 0.29) is 0 Å². The van der Waals surface area contributed by atoms with Gasteiger partial charge in [-0.25, -0.2) is 0 Å². The number of hydrogen-bond acceptors (Lipinski definition) is 2. The molecule has 0 unspecified atom stereocenters. The van der Waals surface area contributed by atoms with Gasteiger partial charge < -0.3 is 11.5 Å². The van der Waals surface area contributed by atoms with Crippen molar-refractivity contribution >= 4 is 11.4 Å². The van der Waals surface area contributed by atoms with Crippen LogP contribution in [0.4, 0.5) is 11.4 Å². The van der Waals surface area contributed by atoms with Crippen LogP contribution >= 0.6 is 0 Å². The topological polar surface area (TPSA) is 52.0 Å². The zero-order valence-corrected chi connectivity index (χ0v) is 14.4. The smallest absolute Gasteiger partial charge is 0.0473 e. The van der Waals surface area contributed by atoms with Crippen molar-refractivity contribution in [3.05, 3.63) is 97.1 Å². The van der Waals surface area contributed by atoms with E-state index in [9.17, 15) is 0 Å². The molecule has 0 aliphatic carbocycles. The summed E-state index contributed by atoms with van der Waals surface area (Å²) in [4.78, 5) is 0. The lowest BCUT2D eigenvalue weighted by molar-refractivity contribution is 1.56. The van der Waals surface area contributed by atoms with Crippen molar-refractivity contribution in [2.45, 2.75) is 0 Å². The number of hydrogen-bond donors (Lipinski definition) is 2. The Morgan fingerprint density at radius 3 is 1.35 bits per heavy atom. The summed E-state index contributed by atoms with van der Waals surface area (Å²) in [7, 11) is 0. The van der Waals surface area contributed by atoms with Crippen LogP contribution in [-0.4, -0.2) is 0 Å². The number of benzene rings is 4. The zero-order chi connectivity index (χ0) is 17.9. The maximum atomic E-state index is 6.60. The predicted molar refractivity (Wildman–Crippen MR) is 112 cm³/mol. The highest BCUT2D eigenvalue weighted by Crippen LogP contribution is 2.39. The summed E-state index contributed by atoms with van der Waals surface area (Å²) in [6.07, 6.45) is 0. The van der Waals surface area contributed by atoms with Gasteiger partial charge in [-0.1, -0.05) is 72.8 Å². The highest BCUT2D eigenvalue weighted by molar-refractivity contribution is 5.93. The van der Waals surface area contributed by atoms with Gasteiger partial charge in [-0.2, -0.15) is 0 Å². The van der Waals surface area contributed by atoms with E-state index in [1.54, 1.807) is 0 Å². The maximum Gasteiger partial charge on any atom is 0.0473 e. The van der Waals surface area contributed by atoms with Crippen LogP contribution in [0.15, 0.2) is 97.1 Å². The summed E-state index contributed by atoms with van der Waals surface area (Å²) in [5.74, 6) is 0. The second-order valence-corrected chi connectivity index (χ2v) is 6.34. The van der Waals surface area contributed by atoms with Gasteiger partial charge in [0.1, 0.15) is 0 Å². The first kappa shape index (κ1) is 16.0. The molecule has 0 fully saturated rings. The van der Waals surface area contributed by atoms with Crippen LogP contribution < -0.4 is 11.5 Å². The van der Waals surface area contributed by atoms with Gasteiger partial charge in [0.25, 0.3) is 0 Å². The first-order valence-corrected chi connectivity index (χ1v) is 8.62. The number of nitrogens with two attached hydrogens (primary N) is 2. The minimum absolute atomic E-state index is 0.760. The molecule has 4 aromatic carbocycles. The van der Waals surface area contributed by atoms with Gasteiger partial charge in [0.05, 0.1) is 0 Å². The van der Waals surface area contributed by atoms with Crippen LogP contribution in [0.25, 0.3) is 33.4 Å². The zero-order valence-electron chi connectivity index (χ0n) is 14.4. The third-order valence-electron chi connectivity index (χ3n) is 4.59. The Hall–Kier alpha value is -3.52. The number of anilines is 2. The molecule has 0 radical (unpaired) electrons. The van der Waals surface area contributed by atoms with Gasteiger partial charge in [0.15, 0.2) is 0 Å². The second kappa shape index (κ2) is 6.77. The minimum atomic E-state index is 0.760. The molecule has 2 heteroatoms. The highest BCUT2D eigenvalue weighted by Gasteiger charge is 2.12. The quantitative estimate of drug-likeness (QED) is 0.461. The van der Waals surface area contributed by atoms with E-state index in [1.807, 2.05) is 60.7 Å². The Kier molecular flexibility index (Phi) is 4.16. The van der Waals surface area contributed by atoms with Crippen molar-refractivity contribution in [2.75, 3.05) is 11.5 Å². The SMILES string of the molecule is Nc1ccc(-c2cc(-c3ccccc3)c(N)c(-c3ccccc3)c2)cc1. The molecule has 126 valence electrons. The molecule has 4 N–H and O–H groups in total. The fourth-order valence-corrected chi connectivity index (χ4v) is 3.21. The van der Waals surface area contributed by atoms with E-state index >= 15 is 0 Å². The molecular weight excluding hydrogens is 316 g/mol. The average Bonchev–Trinajstić information content (AvgIpc) is 2.70. The van der Waals surface area contributed by atoms with E-state index in [0.717, 1.165) is 44.8 Å². The highest BCUT2D eigenvalue weighted by atomic mass is 14.6. The molecule has 4 aromatic rings.